The van der Waals surface area contributed by atoms with Crippen LogP contribution in [0.2, 0.25) is 0 Å². The molecule has 3 amide bonds. The average molecular weight is 500 g/mol. The third kappa shape index (κ3) is 26.8. The van der Waals surface area contributed by atoms with Crippen molar-refractivity contribution in [2.75, 3.05) is 40.3 Å². The molecule has 0 fully saturated rings. The third-order valence-corrected chi connectivity index (χ3v) is 6.06. The highest BCUT2D eigenvalue weighted by Crippen LogP contribution is 2.12. The summed E-state index contributed by atoms with van der Waals surface area (Å²) < 4.78 is -0.131. The SMILES string of the molecule is CCCCCCCCCCCCCCCC(=O)NCCNC(=O)CCC(=O)NCCC[N+](C)(C)O. The number of amides is 3. The lowest BCUT2D eigenvalue weighted by atomic mass is 10.0. The summed E-state index contributed by atoms with van der Waals surface area (Å²) in [4.78, 5) is 35.5. The lowest BCUT2D eigenvalue weighted by Gasteiger charge is -2.19. The van der Waals surface area contributed by atoms with E-state index in [4.69, 9.17) is 0 Å². The normalized spacial score (nSPS) is 11.3. The van der Waals surface area contributed by atoms with Crippen LogP contribution in [0.3, 0.4) is 0 Å². The molecule has 0 aromatic rings. The van der Waals surface area contributed by atoms with Gasteiger partial charge < -0.3 is 16.0 Å². The fourth-order valence-corrected chi connectivity index (χ4v) is 3.89. The monoisotopic (exact) mass is 499 g/mol. The minimum Gasteiger partial charge on any atom is -0.356 e. The van der Waals surface area contributed by atoms with Crippen LogP contribution in [0.4, 0.5) is 0 Å². The van der Waals surface area contributed by atoms with Gasteiger partial charge >= 0.3 is 0 Å². The number of unbranched alkanes of at least 4 members (excludes halogenated alkanes) is 12. The topological polar surface area (TPSA) is 108 Å². The molecule has 206 valence electrons. The largest absolute Gasteiger partial charge is 0.356 e. The highest BCUT2D eigenvalue weighted by Gasteiger charge is 2.11. The van der Waals surface area contributed by atoms with Crippen LogP contribution in [-0.2, 0) is 14.4 Å². The number of hydroxylamine groups is 3. The summed E-state index contributed by atoms with van der Waals surface area (Å²) in [6.07, 6.45) is 18.2. The minimum absolute atomic E-state index is 0.0337. The predicted molar refractivity (Wildman–Crippen MR) is 142 cm³/mol. The van der Waals surface area contributed by atoms with Crippen molar-refractivity contribution in [3.05, 3.63) is 0 Å². The van der Waals surface area contributed by atoms with E-state index < -0.39 is 0 Å². The molecule has 0 aliphatic carbocycles. The Bertz CT molecular complexity index is 550. The molecule has 0 aliphatic heterocycles. The average Bonchev–Trinajstić information content (AvgIpc) is 2.80. The Morgan fingerprint density at radius 1 is 0.543 bits per heavy atom. The van der Waals surface area contributed by atoms with Gasteiger partial charge in [0, 0.05) is 45.3 Å². The van der Waals surface area contributed by atoms with E-state index >= 15 is 0 Å². The number of nitrogens with one attached hydrogen (secondary N) is 3. The summed E-state index contributed by atoms with van der Waals surface area (Å²) in [7, 11) is 3.35. The van der Waals surface area contributed by atoms with Gasteiger partial charge in [-0.25, -0.2) is 5.21 Å². The van der Waals surface area contributed by atoms with Gasteiger partial charge in [0.15, 0.2) is 0 Å². The van der Waals surface area contributed by atoms with Gasteiger partial charge in [-0.2, -0.15) is 4.65 Å². The Kier molecular flexibility index (Phi) is 21.7. The number of rotatable bonds is 24. The van der Waals surface area contributed by atoms with Crippen molar-refractivity contribution < 1.29 is 24.2 Å². The quantitative estimate of drug-likeness (QED) is 0.0894. The maximum Gasteiger partial charge on any atom is 0.220 e. The molecule has 0 heterocycles. The first-order valence-electron chi connectivity index (χ1n) is 14.1. The molecule has 0 bridgehead atoms. The number of carbonyl (C=O) groups is 3. The van der Waals surface area contributed by atoms with E-state index in [-0.39, 0.29) is 35.2 Å². The smallest absolute Gasteiger partial charge is 0.220 e. The van der Waals surface area contributed by atoms with Gasteiger partial charge in [-0.1, -0.05) is 84.0 Å². The lowest BCUT2D eigenvalue weighted by molar-refractivity contribution is -1.07. The van der Waals surface area contributed by atoms with Crippen molar-refractivity contribution in [3.63, 3.8) is 0 Å². The van der Waals surface area contributed by atoms with E-state index in [2.05, 4.69) is 22.9 Å². The molecule has 35 heavy (non-hydrogen) atoms. The summed E-state index contributed by atoms with van der Waals surface area (Å²) in [5, 5.41) is 17.9. The van der Waals surface area contributed by atoms with Gasteiger partial charge in [0.25, 0.3) is 0 Å². The first-order valence-corrected chi connectivity index (χ1v) is 14.1. The Hall–Kier alpha value is -1.67. The molecule has 0 aromatic carbocycles. The zero-order valence-corrected chi connectivity index (χ0v) is 23.0. The van der Waals surface area contributed by atoms with Gasteiger partial charge in [0.1, 0.15) is 6.54 Å². The van der Waals surface area contributed by atoms with Crippen molar-refractivity contribution >= 4 is 17.7 Å². The molecule has 8 nitrogen and oxygen atoms in total. The third-order valence-electron chi connectivity index (χ3n) is 6.06. The van der Waals surface area contributed by atoms with E-state index in [9.17, 15) is 19.6 Å². The standard InChI is InChI=1S/C27H54N4O4/c1-4-5-6-7-8-9-10-11-12-13-14-15-16-18-25(32)29-22-23-30-27(34)20-19-26(33)28-21-17-24-31(2,3)35/h35H,4-24H2,1-3H3,(H2-,28,29,30,32,33,34)/p+1. The van der Waals surface area contributed by atoms with E-state index in [1.54, 1.807) is 14.1 Å². The summed E-state index contributed by atoms with van der Waals surface area (Å²) in [6, 6.07) is 0. The number of quaternary nitrogens is 1. The van der Waals surface area contributed by atoms with E-state index in [0.29, 0.717) is 39.0 Å². The van der Waals surface area contributed by atoms with Crippen molar-refractivity contribution in [1.29, 1.82) is 0 Å². The van der Waals surface area contributed by atoms with Crippen LogP contribution >= 0.6 is 0 Å². The first kappa shape index (κ1) is 33.3. The molecule has 0 radical (unpaired) electrons. The number of hydrogen-bond acceptors (Lipinski definition) is 4. The number of carbonyl (C=O) groups excluding carboxylic acids is 3. The van der Waals surface area contributed by atoms with Gasteiger partial charge in [0.2, 0.25) is 17.7 Å². The van der Waals surface area contributed by atoms with Crippen LogP contribution in [0.1, 0.15) is 116 Å². The number of hydrogen-bond donors (Lipinski definition) is 4. The Morgan fingerprint density at radius 3 is 1.34 bits per heavy atom. The van der Waals surface area contributed by atoms with Gasteiger partial charge in [-0.3, -0.25) is 14.4 Å². The highest BCUT2D eigenvalue weighted by atomic mass is 16.5. The Morgan fingerprint density at radius 2 is 0.914 bits per heavy atom. The zero-order chi connectivity index (χ0) is 26.2. The van der Waals surface area contributed by atoms with E-state index in [1.807, 2.05) is 0 Å². The van der Waals surface area contributed by atoms with Gasteiger partial charge in [-0.05, 0) is 6.42 Å². The molecule has 0 aromatic heterocycles. The molecule has 8 heteroatoms. The molecule has 0 spiro atoms. The maximum absolute atomic E-state index is 11.9. The molecule has 0 unspecified atom stereocenters. The minimum atomic E-state index is -0.195. The summed E-state index contributed by atoms with van der Waals surface area (Å²) in [5.41, 5.74) is 0. The molecule has 0 atom stereocenters. The lowest BCUT2D eigenvalue weighted by Crippen LogP contribution is -2.38. The molecule has 4 N–H and O–H groups in total. The van der Waals surface area contributed by atoms with Crippen molar-refractivity contribution in [1.82, 2.24) is 16.0 Å². The zero-order valence-electron chi connectivity index (χ0n) is 23.0. The Balaban J connectivity index is 3.43. The van der Waals surface area contributed by atoms with Crippen LogP contribution in [0.5, 0.6) is 0 Å². The molecular formula is C27H55N4O4+. The molecule has 0 saturated heterocycles. The second-order valence-electron chi connectivity index (χ2n) is 10.2. The molecular weight excluding hydrogens is 444 g/mol. The van der Waals surface area contributed by atoms with Crippen LogP contribution in [0, 0.1) is 0 Å². The number of nitrogens with zero attached hydrogens (tertiary/aromatic N) is 1. The van der Waals surface area contributed by atoms with Crippen LogP contribution < -0.4 is 16.0 Å². The van der Waals surface area contributed by atoms with Crippen molar-refractivity contribution in [2.24, 2.45) is 0 Å². The molecule has 0 rings (SSSR count). The fraction of sp³-hybridized carbons (Fsp3) is 0.889. The predicted octanol–water partition coefficient (Wildman–Crippen LogP) is 4.45. The van der Waals surface area contributed by atoms with Crippen LogP contribution in [0.15, 0.2) is 0 Å². The van der Waals surface area contributed by atoms with Crippen molar-refractivity contribution in [3.8, 4) is 0 Å². The van der Waals surface area contributed by atoms with Gasteiger partial charge in [-0.15, -0.1) is 0 Å². The van der Waals surface area contributed by atoms with Gasteiger partial charge in [0.05, 0.1) is 14.1 Å². The Labute approximate surface area is 214 Å². The highest BCUT2D eigenvalue weighted by molar-refractivity contribution is 5.83. The molecule has 0 saturated carbocycles. The van der Waals surface area contributed by atoms with E-state index in [1.165, 1.54) is 70.6 Å². The van der Waals surface area contributed by atoms with Crippen LogP contribution in [0.25, 0.3) is 0 Å². The first-order chi connectivity index (χ1) is 16.7. The molecule has 0 aliphatic rings. The van der Waals surface area contributed by atoms with Crippen molar-refractivity contribution in [2.45, 2.75) is 116 Å². The second-order valence-corrected chi connectivity index (χ2v) is 10.2. The van der Waals surface area contributed by atoms with Crippen LogP contribution in [-0.4, -0.2) is 67.8 Å². The summed E-state index contributed by atoms with van der Waals surface area (Å²) >= 11 is 0. The second kappa shape index (κ2) is 22.8. The summed E-state index contributed by atoms with van der Waals surface area (Å²) in [5.74, 6) is -0.333. The summed E-state index contributed by atoms with van der Waals surface area (Å²) in [6.45, 7) is 4.06. The maximum atomic E-state index is 11.9. The van der Waals surface area contributed by atoms with E-state index in [0.717, 1.165) is 12.8 Å². The fourth-order valence-electron chi connectivity index (χ4n) is 3.89.